The molecule has 3 aliphatic rings. The Labute approximate surface area is 171 Å². The topological polar surface area (TPSA) is 110 Å². The number of carboxylic acid groups (broad SMARTS) is 1. The molecule has 2 aromatic heterocycles. The van der Waals surface area contributed by atoms with Crippen molar-refractivity contribution in [1.29, 1.82) is 0 Å². The second-order valence-electron chi connectivity index (χ2n) is 9.18. The van der Waals surface area contributed by atoms with Crippen molar-refractivity contribution in [3.8, 4) is 0 Å². The molecule has 0 bridgehead atoms. The Bertz CT molecular complexity index is 1230. The van der Waals surface area contributed by atoms with Crippen LogP contribution >= 0.6 is 0 Å². The zero-order chi connectivity index (χ0) is 20.7. The summed E-state index contributed by atoms with van der Waals surface area (Å²) in [4.78, 5) is 26.4. The number of ether oxygens (including phenoxy) is 1. The Kier molecular flexibility index (Phi) is 3.50. The Morgan fingerprint density at radius 3 is 2.73 bits per heavy atom. The Hall–Kier alpha value is -2.87. The van der Waals surface area contributed by atoms with Gasteiger partial charge in [-0.2, -0.15) is 0 Å². The molecule has 8 nitrogen and oxygen atoms in total. The fraction of sp³-hybridized carbons (Fsp3) is 0.500. The van der Waals surface area contributed by atoms with E-state index < -0.39 is 17.3 Å². The van der Waals surface area contributed by atoms with E-state index in [0.717, 1.165) is 43.2 Å². The highest BCUT2D eigenvalue weighted by molar-refractivity contribution is 5.95. The number of fused-ring (bicyclic) bond motifs is 1. The number of aromatic amines is 1. The standard InChI is InChI=1S/C22H23N3O5/c1-12-10-22(12,19-23-20(28)30-24-19)25-16-3-2-13(8-15(16)9-17(25)18(26)27)14-4-7-29-21(11-14)5-6-21/h2-3,8-9,12,14H,4-7,10-11H2,1H3,(H,26,27)(H,23,24,28)/t12-,14-,22-/m1/s1. The van der Waals surface area contributed by atoms with E-state index in [1.54, 1.807) is 6.07 Å². The maximum atomic E-state index is 12.1. The highest BCUT2D eigenvalue weighted by atomic mass is 16.5. The summed E-state index contributed by atoms with van der Waals surface area (Å²) in [5.41, 5.74) is 1.64. The van der Waals surface area contributed by atoms with Crippen LogP contribution in [0.15, 0.2) is 33.6 Å². The van der Waals surface area contributed by atoms with Gasteiger partial charge in [0.25, 0.3) is 0 Å². The number of nitrogens with zero attached hydrogens (tertiary/aromatic N) is 2. The number of carbonyl (C=O) groups is 1. The first kappa shape index (κ1) is 17.9. The second kappa shape index (κ2) is 5.85. The molecule has 0 unspecified atom stereocenters. The smallest absolute Gasteiger partial charge is 0.438 e. The van der Waals surface area contributed by atoms with Crippen LogP contribution in [0.2, 0.25) is 0 Å². The molecule has 2 aliphatic carbocycles. The summed E-state index contributed by atoms with van der Waals surface area (Å²) in [5.74, 6) is -0.698. The van der Waals surface area contributed by atoms with Gasteiger partial charge in [0.1, 0.15) is 11.2 Å². The SMILES string of the molecule is C[C@@H]1C[C@@]1(c1noc(=O)[nH]1)n1c(C(=O)O)cc2cc([C@@H]3CCOC4(CC4)C3)ccc21. The van der Waals surface area contributed by atoms with Crippen LogP contribution in [0.1, 0.15) is 66.8 Å². The van der Waals surface area contributed by atoms with Crippen LogP contribution in [0.5, 0.6) is 0 Å². The molecule has 0 radical (unpaired) electrons. The molecule has 3 atom stereocenters. The van der Waals surface area contributed by atoms with Crippen molar-refractivity contribution in [3.63, 3.8) is 0 Å². The summed E-state index contributed by atoms with van der Waals surface area (Å²) in [5, 5.41) is 14.7. The second-order valence-corrected chi connectivity index (χ2v) is 9.18. The molecule has 1 aromatic carbocycles. The highest BCUT2D eigenvalue weighted by Gasteiger charge is 2.59. The number of carboxylic acids is 1. The number of benzene rings is 1. The zero-order valence-electron chi connectivity index (χ0n) is 16.7. The molecule has 3 aromatic rings. The Balaban J connectivity index is 1.48. The van der Waals surface area contributed by atoms with Crippen LogP contribution in [0.3, 0.4) is 0 Å². The molecule has 6 rings (SSSR count). The van der Waals surface area contributed by atoms with E-state index in [9.17, 15) is 14.7 Å². The molecule has 3 fully saturated rings. The van der Waals surface area contributed by atoms with Crippen LogP contribution in [0.25, 0.3) is 10.9 Å². The van der Waals surface area contributed by atoms with E-state index in [1.807, 2.05) is 17.6 Å². The molecule has 1 spiro atoms. The number of H-pyrrole nitrogens is 1. The van der Waals surface area contributed by atoms with Gasteiger partial charge in [-0.3, -0.25) is 9.51 Å². The average molecular weight is 409 g/mol. The van der Waals surface area contributed by atoms with Crippen molar-refractivity contribution in [3.05, 3.63) is 51.9 Å². The van der Waals surface area contributed by atoms with E-state index >= 15 is 0 Å². The fourth-order valence-corrected chi connectivity index (χ4v) is 5.45. The number of hydrogen-bond donors (Lipinski definition) is 2. The maximum Gasteiger partial charge on any atom is 0.438 e. The third kappa shape index (κ3) is 2.46. The van der Waals surface area contributed by atoms with E-state index in [-0.39, 0.29) is 17.2 Å². The molecule has 1 aliphatic heterocycles. The molecular weight excluding hydrogens is 386 g/mol. The van der Waals surface area contributed by atoms with Crippen LogP contribution in [-0.4, -0.2) is 38.0 Å². The Morgan fingerprint density at radius 1 is 1.30 bits per heavy atom. The minimum absolute atomic E-state index is 0.0857. The van der Waals surface area contributed by atoms with E-state index in [4.69, 9.17) is 9.26 Å². The van der Waals surface area contributed by atoms with Crippen LogP contribution in [0, 0.1) is 5.92 Å². The minimum Gasteiger partial charge on any atom is -0.477 e. The first-order valence-corrected chi connectivity index (χ1v) is 10.5. The van der Waals surface area contributed by atoms with Crippen molar-refractivity contribution in [2.45, 2.75) is 56.1 Å². The molecule has 2 N–H and O–H groups in total. The van der Waals surface area contributed by atoms with E-state index in [1.165, 1.54) is 5.56 Å². The predicted octanol–water partition coefficient (Wildman–Crippen LogP) is 3.23. The normalized spacial score (nSPS) is 29.4. The number of nitrogens with one attached hydrogen (secondary N) is 1. The number of aromatic carboxylic acids is 1. The number of aromatic nitrogens is 3. The zero-order valence-corrected chi connectivity index (χ0v) is 16.7. The van der Waals surface area contributed by atoms with Crippen LogP contribution < -0.4 is 5.76 Å². The molecule has 3 heterocycles. The summed E-state index contributed by atoms with van der Waals surface area (Å²) in [7, 11) is 0. The largest absolute Gasteiger partial charge is 0.477 e. The molecule has 2 saturated carbocycles. The minimum atomic E-state index is -1.000. The van der Waals surface area contributed by atoms with E-state index in [2.05, 4.69) is 22.3 Å². The van der Waals surface area contributed by atoms with Crippen LogP contribution in [-0.2, 0) is 10.3 Å². The lowest BCUT2D eigenvalue weighted by Crippen LogP contribution is -2.27. The monoisotopic (exact) mass is 409 g/mol. The van der Waals surface area contributed by atoms with Crippen LogP contribution in [0.4, 0.5) is 0 Å². The summed E-state index contributed by atoms with van der Waals surface area (Å²) < 4.78 is 12.5. The quantitative estimate of drug-likeness (QED) is 0.685. The Morgan fingerprint density at radius 2 is 2.10 bits per heavy atom. The lowest BCUT2D eigenvalue weighted by atomic mass is 9.87. The van der Waals surface area contributed by atoms with Gasteiger partial charge in [0.05, 0.1) is 5.60 Å². The van der Waals surface area contributed by atoms with Gasteiger partial charge >= 0.3 is 11.7 Å². The summed E-state index contributed by atoms with van der Waals surface area (Å²) in [6, 6.07) is 7.98. The highest BCUT2D eigenvalue weighted by Crippen LogP contribution is 2.56. The lowest BCUT2D eigenvalue weighted by Gasteiger charge is -2.30. The molecule has 8 heteroatoms. The van der Waals surface area contributed by atoms with Crippen molar-refractivity contribution in [2.75, 3.05) is 6.61 Å². The van der Waals surface area contributed by atoms with Crippen molar-refractivity contribution >= 4 is 16.9 Å². The van der Waals surface area contributed by atoms with Crippen molar-refractivity contribution in [1.82, 2.24) is 14.7 Å². The predicted molar refractivity (Wildman–Crippen MR) is 107 cm³/mol. The first-order valence-electron chi connectivity index (χ1n) is 10.5. The molecular formula is C22H23N3O5. The van der Waals surface area contributed by atoms with Gasteiger partial charge in [0, 0.05) is 17.5 Å². The molecule has 0 amide bonds. The maximum absolute atomic E-state index is 12.1. The van der Waals surface area contributed by atoms with Gasteiger partial charge in [0.2, 0.25) is 0 Å². The summed E-state index contributed by atoms with van der Waals surface area (Å²) >= 11 is 0. The van der Waals surface area contributed by atoms with E-state index in [0.29, 0.717) is 18.2 Å². The lowest BCUT2D eigenvalue weighted by molar-refractivity contribution is -0.0132. The molecule has 156 valence electrons. The average Bonchev–Trinajstić information content (AvgIpc) is 3.49. The summed E-state index contributed by atoms with van der Waals surface area (Å²) in [6.45, 7) is 2.81. The molecule has 1 saturated heterocycles. The fourth-order valence-electron chi connectivity index (χ4n) is 5.45. The summed E-state index contributed by atoms with van der Waals surface area (Å²) in [6.07, 6.45) is 4.99. The number of hydrogen-bond acceptors (Lipinski definition) is 5. The first-order chi connectivity index (χ1) is 14.4. The third-order valence-electron chi connectivity index (χ3n) is 7.34. The number of rotatable bonds is 4. The van der Waals surface area contributed by atoms with Gasteiger partial charge in [0.15, 0.2) is 5.82 Å². The third-order valence-corrected chi connectivity index (χ3v) is 7.34. The van der Waals surface area contributed by atoms with Gasteiger partial charge in [-0.05, 0) is 67.7 Å². The van der Waals surface area contributed by atoms with Gasteiger partial charge in [-0.15, -0.1) is 0 Å². The van der Waals surface area contributed by atoms with Gasteiger partial charge < -0.3 is 14.4 Å². The molecule has 30 heavy (non-hydrogen) atoms. The van der Waals surface area contributed by atoms with Gasteiger partial charge in [-0.1, -0.05) is 18.1 Å². The van der Waals surface area contributed by atoms with Gasteiger partial charge in [-0.25, -0.2) is 9.59 Å². The van der Waals surface area contributed by atoms with Crippen molar-refractivity contribution < 1.29 is 19.2 Å². The van der Waals surface area contributed by atoms with Crippen molar-refractivity contribution in [2.24, 2.45) is 5.92 Å².